The number of aliphatic hydroxyl groups excluding tert-OH is 3. The molecule has 11 heterocycles. The Labute approximate surface area is 553 Å². The second-order valence-electron chi connectivity index (χ2n) is 25.3. The van der Waals surface area contributed by atoms with Crippen LogP contribution in [0.5, 0.6) is 0 Å². The number of oxazole rings is 2. The molecule has 0 aliphatic heterocycles. The fourth-order valence-corrected chi connectivity index (χ4v) is 11.8. The Morgan fingerprint density at radius 1 is 0.516 bits per heavy atom. The van der Waals surface area contributed by atoms with Gasteiger partial charge >= 0.3 is 0 Å². The van der Waals surface area contributed by atoms with Crippen LogP contribution in [0, 0.1) is 3.57 Å². The van der Waals surface area contributed by atoms with Crippen LogP contribution in [0.1, 0.15) is 35.0 Å². The lowest BCUT2D eigenvalue weighted by atomic mass is 10.0. The molecule has 11 aromatic rings. The standard InChI is InChI=1S/C25H31N5O4Si.C22H29IN4O3Si.C19H17N5O3/c1-29(2)25(32)22(31)19-10-17(12-26-13-19)18-11-20-21(24-27-6-7-34-24)15-30(23(20)28-14-18)16-33-8-9-35(3,4)5;1-26(2)22(29)20(28)17-8-15(10-24-11-17)16-9-18-19(23)13-27(21(18)25-12-16)14-30-6-7-31(3,4)5;1-24(2)19(26)16(25)13-5-11(7-20-8-13)12-6-14-15(18-21-3-4-27-18)10-23-17(14)22-9-12/h6-7,10-15,22,31H,8-9,16H2,1-5H3;8-13,20,28H,6-7,14H2,1-5H3;3-10,16,25H,1-2H3,(H,22,23). The Balaban J connectivity index is 0.000000166. The van der Waals surface area contributed by atoms with Crippen LogP contribution in [0.4, 0.5) is 0 Å². The van der Waals surface area contributed by atoms with Crippen LogP contribution in [-0.2, 0) is 37.3 Å². The average Bonchev–Trinajstić information content (AvgIpc) is 1.68. The van der Waals surface area contributed by atoms with Crippen molar-refractivity contribution in [1.82, 2.24) is 68.7 Å². The van der Waals surface area contributed by atoms with E-state index in [1.807, 2.05) is 33.7 Å². The zero-order chi connectivity index (χ0) is 66.9. The molecule has 24 nitrogen and oxygen atoms in total. The van der Waals surface area contributed by atoms with Crippen LogP contribution in [0.3, 0.4) is 0 Å². The molecule has 0 fully saturated rings. The van der Waals surface area contributed by atoms with Gasteiger partial charge in [0.2, 0.25) is 11.8 Å². The van der Waals surface area contributed by atoms with E-state index in [2.05, 4.69) is 108 Å². The number of H-pyrrole nitrogens is 1. The molecule has 0 saturated heterocycles. The highest BCUT2D eigenvalue weighted by Crippen LogP contribution is 2.35. The van der Waals surface area contributed by atoms with Crippen molar-refractivity contribution >= 4 is 89.6 Å². The van der Waals surface area contributed by atoms with Gasteiger partial charge in [-0.2, -0.15) is 0 Å². The molecule has 93 heavy (non-hydrogen) atoms. The summed E-state index contributed by atoms with van der Waals surface area (Å²) in [4.78, 5) is 78.4. The lowest BCUT2D eigenvalue weighted by Crippen LogP contribution is -2.28. The second kappa shape index (κ2) is 29.9. The van der Waals surface area contributed by atoms with E-state index < -0.39 is 46.3 Å². The molecule has 0 aromatic carbocycles. The third-order valence-electron chi connectivity index (χ3n) is 14.9. The first kappa shape index (κ1) is 68.7. The number of carbonyl (C=O) groups excluding carboxylic acids is 3. The van der Waals surface area contributed by atoms with Gasteiger partial charge in [0, 0.05) is 216 Å². The first-order chi connectivity index (χ1) is 44.2. The monoisotopic (exact) mass is 1410 g/mol. The SMILES string of the molecule is CN(C)C(=O)C(O)c1cncc(-c2cnc3[nH]cc(-c4ncco4)c3c2)c1.CN(C)C(=O)C(O)c1cncc(-c2cnc3c(c2)c(-c2ncco2)cn3COCC[Si](C)(C)C)c1.CN(C)C(=O)C(O)c1cncc(-c2cnc3c(c2)c(I)cn3COCC[Si](C)(C)C)c1. The number of aliphatic hydroxyl groups is 3. The number of aromatic amines is 1. The summed E-state index contributed by atoms with van der Waals surface area (Å²) in [5.74, 6) is -0.199. The topological polar surface area (TPSA) is 295 Å². The molecule has 0 aliphatic rings. The maximum Gasteiger partial charge on any atom is 0.255 e. The number of carbonyl (C=O) groups is 3. The van der Waals surface area contributed by atoms with E-state index in [1.54, 1.807) is 116 Å². The van der Waals surface area contributed by atoms with Crippen molar-refractivity contribution in [3.63, 3.8) is 0 Å². The fraction of sp³-hybridized carbons (Fsp3) is 0.318. The average molecular weight is 1410 g/mol. The summed E-state index contributed by atoms with van der Waals surface area (Å²) in [5, 5.41) is 33.8. The molecule has 0 spiro atoms. The molecule has 0 bridgehead atoms. The van der Waals surface area contributed by atoms with E-state index in [1.165, 1.54) is 45.8 Å². The normalized spacial score (nSPS) is 12.6. The molecular weight excluding hydrogens is 1330 g/mol. The van der Waals surface area contributed by atoms with Gasteiger partial charge in [-0.3, -0.25) is 29.3 Å². The van der Waals surface area contributed by atoms with Gasteiger partial charge in [-0.25, -0.2) is 24.9 Å². The Hall–Kier alpha value is -8.69. The van der Waals surface area contributed by atoms with E-state index in [0.717, 1.165) is 94.2 Å². The summed E-state index contributed by atoms with van der Waals surface area (Å²) in [6.07, 6.45) is 23.0. The molecular formula is C66H77IN14O10Si2. The van der Waals surface area contributed by atoms with Gasteiger partial charge in [0.05, 0.1) is 23.5 Å². The highest BCUT2D eigenvalue weighted by molar-refractivity contribution is 14.1. The van der Waals surface area contributed by atoms with Crippen molar-refractivity contribution in [3.05, 3.63) is 156 Å². The summed E-state index contributed by atoms with van der Waals surface area (Å²) in [6.45, 7) is 16.3. The van der Waals surface area contributed by atoms with Crippen molar-refractivity contribution in [1.29, 1.82) is 0 Å². The minimum Gasteiger partial charge on any atom is -0.444 e. The summed E-state index contributed by atoms with van der Waals surface area (Å²) in [6, 6.07) is 13.5. The van der Waals surface area contributed by atoms with Gasteiger partial charge in [-0.15, -0.1) is 0 Å². The molecule has 27 heteroatoms. The van der Waals surface area contributed by atoms with Crippen molar-refractivity contribution in [3.8, 4) is 56.3 Å². The summed E-state index contributed by atoms with van der Waals surface area (Å²) in [5.41, 5.74) is 9.98. The van der Waals surface area contributed by atoms with E-state index in [0.29, 0.717) is 54.2 Å². The third-order valence-corrected chi connectivity index (χ3v) is 19.2. The molecule has 4 N–H and O–H groups in total. The summed E-state index contributed by atoms with van der Waals surface area (Å²) >= 11 is 2.31. The van der Waals surface area contributed by atoms with Crippen molar-refractivity contribution in [2.24, 2.45) is 0 Å². The van der Waals surface area contributed by atoms with Crippen LogP contribution < -0.4 is 0 Å². The lowest BCUT2D eigenvalue weighted by Gasteiger charge is -2.16. The van der Waals surface area contributed by atoms with Crippen LogP contribution in [-0.4, -0.2) is 173 Å². The zero-order valence-corrected chi connectivity index (χ0v) is 58.2. The molecule has 11 aromatic heterocycles. The predicted molar refractivity (Wildman–Crippen MR) is 368 cm³/mol. The Bertz CT molecular complexity index is 4370. The number of amides is 3. The van der Waals surface area contributed by atoms with E-state index in [-0.39, 0.29) is 5.91 Å². The van der Waals surface area contributed by atoms with E-state index in [9.17, 15) is 29.7 Å². The summed E-state index contributed by atoms with van der Waals surface area (Å²) < 4.78 is 27.9. The van der Waals surface area contributed by atoms with Gasteiger partial charge in [-0.05, 0) is 71.1 Å². The molecule has 0 radical (unpaired) electrons. The lowest BCUT2D eigenvalue weighted by molar-refractivity contribution is -0.138. The number of fused-ring (bicyclic) bond motifs is 3. The van der Waals surface area contributed by atoms with Gasteiger partial charge in [0.25, 0.3) is 17.7 Å². The van der Waals surface area contributed by atoms with Crippen LogP contribution >= 0.6 is 22.6 Å². The molecule has 3 amide bonds. The minimum absolute atomic E-state index is 0.379. The Kier molecular flexibility index (Phi) is 22.1. The van der Waals surface area contributed by atoms with E-state index >= 15 is 0 Å². The number of hydrogen-bond donors (Lipinski definition) is 4. The van der Waals surface area contributed by atoms with Gasteiger partial charge in [0.15, 0.2) is 18.3 Å². The smallest absolute Gasteiger partial charge is 0.255 e. The van der Waals surface area contributed by atoms with E-state index in [4.69, 9.17) is 23.3 Å². The van der Waals surface area contributed by atoms with Crippen LogP contribution in [0.2, 0.25) is 51.4 Å². The number of rotatable bonds is 21. The zero-order valence-electron chi connectivity index (χ0n) is 54.1. The minimum atomic E-state index is -1.29. The predicted octanol–water partition coefficient (Wildman–Crippen LogP) is 10.7. The van der Waals surface area contributed by atoms with Gasteiger partial charge in [-0.1, -0.05) is 39.3 Å². The number of halogens is 1. The Morgan fingerprint density at radius 3 is 1.32 bits per heavy atom. The molecule has 0 saturated carbocycles. The molecule has 3 atom stereocenters. The van der Waals surface area contributed by atoms with Crippen molar-refractivity contribution in [2.45, 2.75) is 83.1 Å². The highest BCUT2D eigenvalue weighted by Gasteiger charge is 2.25. The number of nitrogens with zero attached hydrogens (tertiary/aromatic N) is 13. The second-order valence-corrected chi connectivity index (χ2v) is 37.7. The first-order valence-corrected chi connectivity index (χ1v) is 38.3. The number of likely N-dealkylation sites (N-methyl/N-ethyl adjacent to an activating group) is 3. The number of pyridine rings is 6. The van der Waals surface area contributed by atoms with Crippen molar-refractivity contribution < 1.29 is 48.0 Å². The molecule has 11 rings (SSSR count). The Morgan fingerprint density at radius 2 is 0.903 bits per heavy atom. The largest absolute Gasteiger partial charge is 0.444 e. The quantitative estimate of drug-likeness (QED) is 0.0295. The number of aromatic nitrogens is 11. The number of nitrogens with one attached hydrogen (secondary N) is 1. The van der Waals surface area contributed by atoms with Gasteiger partial charge in [0.1, 0.15) is 42.9 Å². The number of ether oxygens (including phenoxy) is 2. The van der Waals surface area contributed by atoms with Crippen LogP contribution in [0.25, 0.3) is 89.4 Å². The number of hydrogen-bond acceptors (Lipinski definition) is 18. The molecule has 486 valence electrons. The third kappa shape index (κ3) is 17.1. The van der Waals surface area contributed by atoms with Crippen molar-refractivity contribution in [2.75, 3.05) is 55.5 Å². The highest BCUT2D eigenvalue weighted by atomic mass is 127. The maximum atomic E-state index is 12.2. The van der Waals surface area contributed by atoms with Crippen LogP contribution in [0.15, 0.2) is 145 Å². The fourth-order valence-electron chi connectivity index (χ4n) is 9.57. The molecule has 0 aliphatic carbocycles. The molecule has 3 unspecified atom stereocenters. The van der Waals surface area contributed by atoms with Gasteiger partial charge < -0.3 is 62.4 Å². The summed E-state index contributed by atoms with van der Waals surface area (Å²) in [7, 11) is 7.32. The maximum absolute atomic E-state index is 12.2. The first-order valence-electron chi connectivity index (χ1n) is 29.8.